The van der Waals surface area contributed by atoms with Gasteiger partial charge in [0, 0.05) is 13.0 Å². The number of alkyl halides is 1. The Morgan fingerprint density at radius 2 is 1.96 bits per heavy atom. The van der Waals surface area contributed by atoms with Crippen molar-refractivity contribution in [1.29, 1.82) is 0 Å². The first-order valence-electron chi connectivity index (χ1n) is 8.87. The minimum atomic E-state index is -3.60. The Bertz CT molecular complexity index is 730. The lowest BCUT2D eigenvalue weighted by molar-refractivity contribution is -0.136. The van der Waals surface area contributed by atoms with Crippen LogP contribution in [-0.2, 0) is 14.8 Å². The summed E-state index contributed by atoms with van der Waals surface area (Å²) in [5.74, 6) is -1.16. The van der Waals surface area contributed by atoms with Crippen LogP contribution in [0.1, 0.15) is 37.7 Å². The van der Waals surface area contributed by atoms with Gasteiger partial charge in [-0.3, -0.25) is 4.79 Å². The molecular formula is C19H26FNO4S. The van der Waals surface area contributed by atoms with Crippen LogP contribution in [0.4, 0.5) is 4.39 Å². The minimum absolute atomic E-state index is 0.0556. The number of allylic oxidation sites excluding steroid dienone is 2. The fourth-order valence-corrected chi connectivity index (χ4v) is 4.38. The van der Waals surface area contributed by atoms with Crippen LogP contribution in [0.5, 0.6) is 0 Å². The van der Waals surface area contributed by atoms with Gasteiger partial charge in [0.05, 0.1) is 4.90 Å². The molecule has 0 amide bonds. The number of nitrogens with one attached hydrogen (secondary N) is 1. The molecule has 26 heavy (non-hydrogen) atoms. The lowest BCUT2D eigenvalue weighted by Crippen LogP contribution is -2.32. The Labute approximate surface area is 154 Å². The van der Waals surface area contributed by atoms with Crippen LogP contribution in [0.15, 0.2) is 41.3 Å². The van der Waals surface area contributed by atoms with E-state index in [4.69, 9.17) is 5.11 Å². The molecule has 1 saturated carbocycles. The van der Waals surface area contributed by atoms with Crippen LogP contribution in [-0.4, -0.2) is 32.2 Å². The highest BCUT2D eigenvalue weighted by atomic mass is 32.2. The highest BCUT2D eigenvalue weighted by molar-refractivity contribution is 7.89. The van der Waals surface area contributed by atoms with Crippen LogP contribution in [0.2, 0.25) is 0 Å². The van der Waals surface area contributed by atoms with Gasteiger partial charge in [-0.05, 0) is 56.6 Å². The van der Waals surface area contributed by atoms with Crippen molar-refractivity contribution < 1.29 is 22.7 Å². The van der Waals surface area contributed by atoms with Crippen LogP contribution in [0, 0.1) is 18.8 Å². The molecule has 5 nitrogen and oxygen atoms in total. The quantitative estimate of drug-likeness (QED) is 0.640. The largest absolute Gasteiger partial charge is 0.481 e. The van der Waals surface area contributed by atoms with E-state index in [9.17, 15) is 17.6 Å². The van der Waals surface area contributed by atoms with Gasteiger partial charge in [0.1, 0.15) is 6.17 Å². The minimum Gasteiger partial charge on any atom is -0.481 e. The number of sulfonamides is 1. The van der Waals surface area contributed by atoms with Crippen molar-refractivity contribution in [1.82, 2.24) is 4.72 Å². The fourth-order valence-electron chi connectivity index (χ4n) is 3.29. The van der Waals surface area contributed by atoms with Gasteiger partial charge in [0.15, 0.2) is 0 Å². The maximum atomic E-state index is 14.2. The topological polar surface area (TPSA) is 83.5 Å². The summed E-state index contributed by atoms with van der Waals surface area (Å²) in [4.78, 5) is 10.7. The molecule has 1 aromatic carbocycles. The summed E-state index contributed by atoms with van der Waals surface area (Å²) in [5.41, 5.74) is 0.981. The van der Waals surface area contributed by atoms with E-state index < -0.39 is 22.2 Å². The Morgan fingerprint density at radius 1 is 1.27 bits per heavy atom. The van der Waals surface area contributed by atoms with Crippen molar-refractivity contribution in [2.45, 2.75) is 50.1 Å². The molecule has 1 aliphatic carbocycles. The highest BCUT2D eigenvalue weighted by Crippen LogP contribution is 2.36. The van der Waals surface area contributed by atoms with Gasteiger partial charge in [-0.2, -0.15) is 0 Å². The van der Waals surface area contributed by atoms with Gasteiger partial charge in [0.25, 0.3) is 0 Å². The molecular weight excluding hydrogens is 357 g/mol. The molecule has 0 radical (unpaired) electrons. The third-order valence-corrected chi connectivity index (χ3v) is 6.29. The summed E-state index contributed by atoms with van der Waals surface area (Å²) in [6.45, 7) is 2.10. The smallest absolute Gasteiger partial charge is 0.303 e. The lowest BCUT2D eigenvalue weighted by Gasteiger charge is -2.20. The zero-order chi connectivity index (χ0) is 19.2. The van der Waals surface area contributed by atoms with Crippen molar-refractivity contribution in [3.8, 4) is 0 Å². The summed E-state index contributed by atoms with van der Waals surface area (Å²) in [6.07, 6.45) is 4.67. The van der Waals surface area contributed by atoms with Gasteiger partial charge in [0.2, 0.25) is 10.0 Å². The molecule has 0 spiro atoms. The first-order chi connectivity index (χ1) is 12.3. The number of benzene rings is 1. The molecule has 1 fully saturated rings. The second-order valence-corrected chi connectivity index (χ2v) is 8.59. The number of carboxylic acids is 1. The Balaban J connectivity index is 1.90. The van der Waals surface area contributed by atoms with E-state index in [1.807, 2.05) is 13.0 Å². The van der Waals surface area contributed by atoms with Gasteiger partial charge in [-0.15, -0.1) is 0 Å². The van der Waals surface area contributed by atoms with E-state index in [0.717, 1.165) is 5.56 Å². The predicted molar refractivity (Wildman–Crippen MR) is 98.1 cm³/mol. The van der Waals surface area contributed by atoms with Gasteiger partial charge in [-0.1, -0.05) is 29.8 Å². The van der Waals surface area contributed by atoms with E-state index in [1.54, 1.807) is 30.3 Å². The first kappa shape index (κ1) is 20.6. The molecule has 7 heteroatoms. The second-order valence-electron chi connectivity index (χ2n) is 6.82. The molecule has 0 unspecified atom stereocenters. The summed E-state index contributed by atoms with van der Waals surface area (Å²) < 4.78 is 41.5. The number of aliphatic carboxylic acids is 1. The van der Waals surface area contributed by atoms with Crippen molar-refractivity contribution in [2.24, 2.45) is 11.8 Å². The Kier molecular flexibility index (Phi) is 7.34. The van der Waals surface area contributed by atoms with E-state index in [0.29, 0.717) is 25.7 Å². The van der Waals surface area contributed by atoms with Crippen LogP contribution in [0.25, 0.3) is 0 Å². The summed E-state index contributed by atoms with van der Waals surface area (Å²) in [5, 5.41) is 8.60. The number of carbonyl (C=O) groups is 1. The van der Waals surface area contributed by atoms with Crippen molar-refractivity contribution >= 4 is 16.0 Å². The fraction of sp³-hybridized carbons (Fsp3) is 0.526. The summed E-state index contributed by atoms with van der Waals surface area (Å²) >= 11 is 0. The molecule has 0 aromatic heterocycles. The monoisotopic (exact) mass is 383 g/mol. The number of rotatable bonds is 9. The highest BCUT2D eigenvalue weighted by Gasteiger charge is 2.35. The zero-order valence-electron chi connectivity index (χ0n) is 14.9. The van der Waals surface area contributed by atoms with E-state index in [-0.39, 0.29) is 29.7 Å². The molecule has 0 bridgehead atoms. The molecule has 0 saturated heterocycles. The van der Waals surface area contributed by atoms with Crippen LogP contribution >= 0.6 is 0 Å². The lowest BCUT2D eigenvalue weighted by atomic mass is 9.92. The maximum absolute atomic E-state index is 14.2. The molecule has 1 aromatic rings. The molecule has 3 atom stereocenters. The van der Waals surface area contributed by atoms with Crippen molar-refractivity contribution in [2.75, 3.05) is 6.54 Å². The standard InChI is InChI=1S/C19H26FNO4S/c1-14-7-10-16(11-8-14)26(24,25)21-13-15-9-12-18(20)17(15)5-3-2-4-6-19(22)23/h2-3,7-8,10-11,15,17-18,21H,4-6,9,12-13H2,1H3,(H,22,23)/b3-2-/t15-,17-,18+/m1/s1. The average molecular weight is 383 g/mol. The number of carboxylic acid groups (broad SMARTS) is 1. The van der Waals surface area contributed by atoms with E-state index in [1.165, 1.54) is 0 Å². The zero-order valence-corrected chi connectivity index (χ0v) is 15.7. The SMILES string of the molecule is Cc1ccc(S(=O)(=O)NC[C@H]2CC[C@H](F)[C@@H]2C/C=C\CCC(=O)O)cc1. The molecule has 144 valence electrons. The number of aryl methyl sites for hydroxylation is 1. The van der Waals surface area contributed by atoms with Gasteiger partial charge < -0.3 is 5.11 Å². The second kappa shape index (κ2) is 9.28. The number of hydrogen-bond donors (Lipinski definition) is 2. The number of halogens is 1. The van der Waals surface area contributed by atoms with Crippen molar-refractivity contribution in [3.05, 3.63) is 42.0 Å². The van der Waals surface area contributed by atoms with Gasteiger partial charge >= 0.3 is 5.97 Å². The maximum Gasteiger partial charge on any atom is 0.303 e. The summed E-state index contributed by atoms with van der Waals surface area (Å²) in [6, 6.07) is 6.61. The summed E-state index contributed by atoms with van der Waals surface area (Å²) in [7, 11) is -3.60. The van der Waals surface area contributed by atoms with E-state index in [2.05, 4.69) is 4.72 Å². The Morgan fingerprint density at radius 3 is 2.62 bits per heavy atom. The molecule has 2 N–H and O–H groups in total. The van der Waals surface area contributed by atoms with Crippen LogP contribution in [0.3, 0.4) is 0 Å². The third-order valence-electron chi connectivity index (χ3n) is 4.85. The first-order valence-corrected chi connectivity index (χ1v) is 10.3. The third kappa shape index (κ3) is 5.92. The number of hydrogen-bond acceptors (Lipinski definition) is 3. The van der Waals surface area contributed by atoms with Crippen molar-refractivity contribution in [3.63, 3.8) is 0 Å². The predicted octanol–water partition coefficient (Wildman–Crippen LogP) is 3.45. The molecule has 0 aliphatic heterocycles. The average Bonchev–Trinajstić information content (AvgIpc) is 2.93. The molecule has 0 heterocycles. The van der Waals surface area contributed by atoms with Crippen LogP contribution < -0.4 is 4.72 Å². The molecule has 1 aliphatic rings. The van der Waals surface area contributed by atoms with E-state index >= 15 is 0 Å². The molecule has 2 rings (SSSR count). The van der Waals surface area contributed by atoms with Gasteiger partial charge in [-0.25, -0.2) is 17.5 Å². The normalized spacial score (nSPS) is 23.5. The Hall–Kier alpha value is -1.73.